The highest BCUT2D eigenvalue weighted by Gasteiger charge is 2.52. The second kappa shape index (κ2) is 5.39. The summed E-state index contributed by atoms with van der Waals surface area (Å²) in [5, 5.41) is 4.20. The Bertz CT molecular complexity index is 548. The van der Waals surface area contributed by atoms with Gasteiger partial charge in [-0.15, -0.1) is 0 Å². The minimum atomic E-state index is -0.479. The van der Waals surface area contributed by atoms with Crippen LogP contribution in [0.1, 0.15) is 47.0 Å². The van der Waals surface area contributed by atoms with Gasteiger partial charge in [0.25, 0.3) is 0 Å². The highest BCUT2D eigenvalue weighted by atomic mass is 16.7. The molecule has 0 bridgehead atoms. The average Bonchev–Trinajstić information content (AvgIpc) is 3.03. The zero-order valence-corrected chi connectivity index (χ0v) is 13.8. The molecule has 0 N–H and O–H groups in total. The molecular weight excluding hydrogens is 281 g/mol. The average molecular weight is 305 g/mol. The molecule has 1 aromatic rings. The lowest BCUT2D eigenvalue weighted by molar-refractivity contribution is 0.00578. The monoisotopic (exact) mass is 305 g/mol. The molecule has 0 spiro atoms. The number of amides is 1. The van der Waals surface area contributed by atoms with E-state index in [2.05, 4.69) is 5.10 Å². The quantitative estimate of drug-likeness (QED) is 0.740. The Morgan fingerprint density at radius 3 is 2.32 bits per heavy atom. The summed E-state index contributed by atoms with van der Waals surface area (Å²) in [5.74, 6) is 0. The third-order valence-corrected chi connectivity index (χ3v) is 4.95. The van der Waals surface area contributed by atoms with E-state index in [0.717, 1.165) is 31.4 Å². The fourth-order valence-corrected chi connectivity index (χ4v) is 2.77. The standard InChI is InChI=1S/C15H24BN3O3/c1-14(2)15(3,4)22-16(21-14)12-10-17-19(11-12)13(20)18-8-6-5-7-9-18/h10-11H,5-9H2,1-4H3. The lowest BCUT2D eigenvalue weighted by Crippen LogP contribution is -2.41. The van der Waals surface area contributed by atoms with Gasteiger partial charge in [0.05, 0.1) is 11.2 Å². The molecular formula is C15H24BN3O3. The van der Waals surface area contributed by atoms with Crippen LogP contribution in [0.15, 0.2) is 12.4 Å². The normalized spacial score (nSPS) is 23.8. The first-order valence-corrected chi connectivity index (χ1v) is 8.00. The van der Waals surface area contributed by atoms with Crippen molar-refractivity contribution in [1.29, 1.82) is 0 Å². The zero-order valence-electron chi connectivity index (χ0n) is 13.8. The van der Waals surface area contributed by atoms with Crippen LogP contribution in [0.5, 0.6) is 0 Å². The first kappa shape index (κ1) is 15.6. The van der Waals surface area contributed by atoms with Gasteiger partial charge in [-0.3, -0.25) is 0 Å². The summed E-state index contributed by atoms with van der Waals surface area (Å²) >= 11 is 0. The van der Waals surface area contributed by atoms with Gasteiger partial charge >= 0.3 is 13.1 Å². The number of hydrogen-bond donors (Lipinski definition) is 0. The van der Waals surface area contributed by atoms with Crippen molar-refractivity contribution in [1.82, 2.24) is 14.7 Å². The molecule has 2 aliphatic rings. The highest BCUT2D eigenvalue weighted by Crippen LogP contribution is 2.36. The van der Waals surface area contributed by atoms with Crippen LogP contribution in [0.25, 0.3) is 0 Å². The summed E-state index contributed by atoms with van der Waals surface area (Å²) < 4.78 is 13.4. The van der Waals surface area contributed by atoms with Crippen molar-refractivity contribution in [2.45, 2.75) is 58.2 Å². The molecule has 0 unspecified atom stereocenters. The van der Waals surface area contributed by atoms with Crippen LogP contribution in [-0.2, 0) is 9.31 Å². The maximum Gasteiger partial charge on any atom is 0.498 e. The van der Waals surface area contributed by atoms with Crippen LogP contribution < -0.4 is 5.46 Å². The lowest BCUT2D eigenvalue weighted by Gasteiger charge is -2.32. The fraction of sp³-hybridized carbons (Fsp3) is 0.733. The van der Waals surface area contributed by atoms with Gasteiger partial charge in [0, 0.05) is 30.9 Å². The van der Waals surface area contributed by atoms with Crippen molar-refractivity contribution >= 4 is 18.6 Å². The van der Waals surface area contributed by atoms with Crippen molar-refractivity contribution in [3.63, 3.8) is 0 Å². The summed E-state index contributed by atoms with van der Waals surface area (Å²) in [6.45, 7) is 9.66. The third-order valence-electron chi connectivity index (χ3n) is 4.95. The van der Waals surface area contributed by atoms with Gasteiger partial charge in [-0.1, -0.05) is 0 Å². The molecule has 3 heterocycles. The van der Waals surface area contributed by atoms with E-state index in [0.29, 0.717) is 0 Å². The molecule has 2 aliphatic heterocycles. The van der Waals surface area contributed by atoms with Crippen LogP contribution in [-0.4, -0.2) is 52.1 Å². The molecule has 3 rings (SSSR count). The van der Waals surface area contributed by atoms with Crippen molar-refractivity contribution in [3.8, 4) is 0 Å². The zero-order chi connectivity index (χ0) is 16.0. The smallest absolute Gasteiger partial charge is 0.399 e. The predicted molar refractivity (Wildman–Crippen MR) is 84.2 cm³/mol. The van der Waals surface area contributed by atoms with Crippen LogP contribution in [0, 0.1) is 0 Å². The summed E-state index contributed by atoms with van der Waals surface area (Å²) in [6, 6.07) is -0.0672. The largest absolute Gasteiger partial charge is 0.498 e. The lowest BCUT2D eigenvalue weighted by atomic mass is 9.82. The third kappa shape index (κ3) is 2.67. The maximum absolute atomic E-state index is 12.4. The number of carbonyl (C=O) groups is 1. The Kier molecular flexibility index (Phi) is 3.81. The summed E-state index contributed by atoms with van der Waals surface area (Å²) in [5.41, 5.74) is -0.00294. The molecule has 0 aromatic carbocycles. The Balaban J connectivity index is 1.73. The van der Waals surface area contributed by atoms with Crippen molar-refractivity contribution < 1.29 is 14.1 Å². The summed E-state index contributed by atoms with van der Waals surface area (Å²) in [7, 11) is -0.479. The van der Waals surface area contributed by atoms with E-state index in [1.165, 1.54) is 11.1 Å². The second-order valence-electron chi connectivity index (χ2n) is 7.14. The molecule has 0 saturated carbocycles. The van der Waals surface area contributed by atoms with E-state index in [1.807, 2.05) is 32.6 Å². The summed E-state index contributed by atoms with van der Waals surface area (Å²) in [4.78, 5) is 14.3. The number of rotatable bonds is 1. The molecule has 2 fully saturated rings. The number of hydrogen-bond acceptors (Lipinski definition) is 4. The number of likely N-dealkylation sites (tertiary alicyclic amines) is 1. The van der Waals surface area contributed by atoms with E-state index < -0.39 is 18.3 Å². The molecule has 0 aliphatic carbocycles. The Labute approximate surface area is 131 Å². The first-order valence-electron chi connectivity index (χ1n) is 8.00. The van der Waals surface area contributed by atoms with E-state index in [1.54, 1.807) is 12.4 Å². The van der Waals surface area contributed by atoms with E-state index >= 15 is 0 Å². The van der Waals surface area contributed by atoms with Crippen LogP contribution >= 0.6 is 0 Å². The molecule has 0 radical (unpaired) electrons. The number of piperidine rings is 1. The van der Waals surface area contributed by atoms with Crippen LogP contribution in [0.3, 0.4) is 0 Å². The predicted octanol–water partition coefficient (Wildman–Crippen LogP) is 1.64. The van der Waals surface area contributed by atoms with E-state index in [-0.39, 0.29) is 6.03 Å². The fourth-order valence-electron chi connectivity index (χ4n) is 2.77. The number of carbonyl (C=O) groups excluding carboxylic acids is 1. The molecule has 1 aromatic heterocycles. The topological polar surface area (TPSA) is 56.6 Å². The second-order valence-corrected chi connectivity index (χ2v) is 7.14. The Morgan fingerprint density at radius 2 is 1.73 bits per heavy atom. The molecule has 7 heteroatoms. The SMILES string of the molecule is CC1(C)OB(c2cnn(C(=O)N3CCCCC3)c2)OC1(C)C. The van der Waals surface area contributed by atoms with Crippen molar-refractivity contribution in [2.24, 2.45) is 0 Å². The molecule has 0 atom stereocenters. The minimum Gasteiger partial charge on any atom is -0.399 e. The number of nitrogens with zero attached hydrogens (tertiary/aromatic N) is 3. The Morgan fingerprint density at radius 1 is 1.14 bits per heavy atom. The first-order chi connectivity index (χ1) is 10.3. The van der Waals surface area contributed by atoms with Gasteiger partial charge in [-0.05, 0) is 47.0 Å². The molecule has 1 amide bonds. The molecule has 120 valence electrons. The van der Waals surface area contributed by atoms with Crippen LogP contribution in [0.2, 0.25) is 0 Å². The highest BCUT2D eigenvalue weighted by molar-refractivity contribution is 6.62. The number of aromatic nitrogens is 2. The van der Waals surface area contributed by atoms with Gasteiger partial charge in [-0.25, -0.2) is 4.79 Å². The summed E-state index contributed by atoms with van der Waals surface area (Å²) in [6.07, 6.45) is 6.71. The maximum atomic E-state index is 12.4. The van der Waals surface area contributed by atoms with E-state index in [4.69, 9.17) is 9.31 Å². The molecule has 2 saturated heterocycles. The molecule has 6 nitrogen and oxygen atoms in total. The van der Waals surface area contributed by atoms with Gasteiger partial charge < -0.3 is 14.2 Å². The van der Waals surface area contributed by atoms with Gasteiger partial charge in [0.15, 0.2) is 0 Å². The van der Waals surface area contributed by atoms with Crippen molar-refractivity contribution in [2.75, 3.05) is 13.1 Å². The van der Waals surface area contributed by atoms with E-state index in [9.17, 15) is 4.79 Å². The molecule has 22 heavy (non-hydrogen) atoms. The van der Waals surface area contributed by atoms with Gasteiger partial charge in [-0.2, -0.15) is 9.78 Å². The Hall–Kier alpha value is -1.34. The minimum absolute atomic E-state index is 0.0672. The van der Waals surface area contributed by atoms with Crippen molar-refractivity contribution in [3.05, 3.63) is 12.4 Å². The van der Waals surface area contributed by atoms with Gasteiger partial charge in [0.2, 0.25) is 0 Å². The van der Waals surface area contributed by atoms with Crippen LogP contribution in [0.4, 0.5) is 4.79 Å². The van der Waals surface area contributed by atoms with Gasteiger partial charge in [0.1, 0.15) is 0 Å².